The van der Waals surface area contributed by atoms with Crippen LogP contribution in [0.2, 0.25) is 0 Å². The Balaban J connectivity index is 2.18. The molecule has 2 heteroatoms. The van der Waals surface area contributed by atoms with Crippen LogP contribution >= 0.6 is 0 Å². The van der Waals surface area contributed by atoms with Gasteiger partial charge in [0.05, 0.1) is 0 Å². The first kappa shape index (κ1) is 12.7. The van der Waals surface area contributed by atoms with E-state index in [-0.39, 0.29) is 0 Å². The third kappa shape index (κ3) is 2.90. The third-order valence-corrected chi connectivity index (χ3v) is 3.19. The van der Waals surface area contributed by atoms with Crippen molar-refractivity contribution in [3.63, 3.8) is 0 Å². The molecule has 0 radical (unpaired) electrons. The van der Waals surface area contributed by atoms with Crippen molar-refractivity contribution in [2.24, 2.45) is 5.73 Å². The van der Waals surface area contributed by atoms with Gasteiger partial charge >= 0.3 is 0 Å². The molecule has 0 heterocycles. The van der Waals surface area contributed by atoms with Crippen LogP contribution in [0.3, 0.4) is 0 Å². The van der Waals surface area contributed by atoms with Crippen molar-refractivity contribution in [2.45, 2.75) is 20.0 Å². The molecule has 2 N–H and O–H groups in total. The number of hydrogen-bond acceptors (Lipinski definition) is 2. The molecular weight excluding hydrogens is 220 g/mol. The molecule has 0 aliphatic heterocycles. The Bertz CT molecular complexity index is 520. The van der Waals surface area contributed by atoms with E-state index in [2.05, 4.69) is 61.3 Å². The minimum Gasteiger partial charge on any atom is -0.370 e. The molecule has 18 heavy (non-hydrogen) atoms. The molecule has 0 saturated heterocycles. The van der Waals surface area contributed by atoms with Gasteiger partial charge in [-0.2, -0.15) is 0 Å². The van der Waals surface area contributed by atoms with Crippen LogP contribution in [0.25, 0.3) is 0 Å². The van der Waals surface area contributed by atoms with Gasteiger partial charge in [-0.3, -0.25) is 0 Å². The third-order valence-electron chi connectivity index (χ3n) is 3.19. The molecule has 2 rings (SSSR count). The highest BCUT2D eigenvalue weighted by Crippen LogP contribution is 2.18. The Morgan fingerprint density at radius 2 is 1.72 bits per heavy atom. The monoisotopic (exact) mass is 240 g/mol. The molecule has 94 valence electrons. The molecule has 0 unspecified atom stereocenters. The summed E-state index contributed by atoms with van der Waals surface area (Å²) in [6, 6.07) is 16.9. The number of rotatable bonds is 4. The van der Waals surface area contributed by atoms with Gasteiger partial charge in [0.1, 0.15) is 0 Å². The molecule has 0 atom stereocenters. The van der Waals surface area contributed by atoms with E-state index in [1.54, 1.807) is 0 Å². The van der Waals surface area contributed by atoms with Crippen LogP contribution in [0, 0.1) is 6.92 Å². The summed E-state index contributed by atoms with van der Waals surface area (Å²) >= 11 is 0. The van der Waals surface area contributed by atoms with E-state index in [1.807, 2.05) is 6.07 Å². The highest BCUT2D eigenvalue weighted by atomic mass is 15.1. The van der Waals surface area contributed by atoms with Gasteiger partial charge in [0, 0.05) is 25.8 Å². The topological polar surface area (TPSA) is 29.3 Å². The lowest BCUT2D eigenvalue weighted by Crippen LogP contribution is -2.18. The van der Waals surface area contributed by atoms with E-state index in [0.717, 1.165) is 6.54 Å². The van der Waals surface area contributed by atoms with Gasteiger partial charge in [0.25, 0.3) is 0 Å². The quantitative estimate of drug-likeness (QED) is 0.889. The van der Waals surface area contributed by atoms with Crippen molar-refractivity contribution in [3.05, 3.63) is 65.2 Å². The van der Waals surface area contributed by atoms with Crippen LogP contribution in [-0.4, -0.2) is 7.05 Å². The Morgan fingerprint density at radius 3 is 2.39 bits per heavy atom. The summed E-state index contributed by atoms with van der Waals surface area (Å²) in [5.41, 5.74) is 10.8. The predicted molar refractivity (Wildman–Crippen MR) is 77.6 cm³/mol. The lowest BCUT2D eigenvalue weighted by Gasteiger charge is -2.21. The number of anilines is 1. The maximum Gasteiger partial charge on any atom is 0.0429 e. The van der Waals surface area contributed by atoms with Gasteiger partial charge in [-0.25, -0.2) is 0 Å². The van der Waals surface area contributed by atoms with Crippen molar-refractivity contribution in [2.75, 3.05) is 11.9 Å². The molecule has 0 spiro atoms. The molecular formula is C16H20N2. The van der Waals surface area contributed by atoms with Gasteiger partial charge in [-0.05, 0) is 35.7 Å². The maximum atomic E-state index is 5.77. The van der Waals surface area contributed by atoms with E-state index < -0.39 is 0 Å². The average Bonchev–Trinajstić information content (AvgIpc) is 2.39. The number of aryl methyl sites for hydroxylation is 1. The summed E-state index contributed by atoms with van der Waals surface area (Å²) in [6.45, 7) is 3.60. The molecule has 0 aromatic heterocycles. The first-order valence-electron chi connectivity index (χ1n) is 6.25. The van der Waals surface area contributed by atoms with Gasteiger partial charge in [0.2, 0.25) is 0 Å². The summed E-state index contributed by atoms with van der Waals surface area (Å²) in [5.74, 6) is 0. The zero-order chi connectivity index (χ0) is 13.0. The van der Waals surface area contributed by atoms with Gasteiger partial charge in [-0.15, -0.1) is 0 Å². The predicted octanol–water partition coefficient (Wildman–Crippen LogP) is 3.09. The van der Waals surface area contributed by atoms with E-state index in [4.69, 9.17) is 5.73 Å². The zero-order valence-corrected chi connectivity index (χ0v) is 11.1. The van der Waals surface area contributed by atoms with Crippen LogP contribution in [0.5, 0.6) is 0 Å². The van der Waals surface area contributed by atoms with Gasteiger partial charge < -0.3 is 10.6 Å². The minimum atomic E-state index is 0.595. The SMILES string of the molecule is Cc1cccc(N(C)Cc2ccccc2CN)c1. The lowest BCUT2D eigenvalue weighted by molar-refractivity contribution is 0.894. The van der Waals surface area contributed by atoms with Crippen LogP contribution in [0.1, 0.15) is 16.7 Å². The van der Waals surface area contributed by atoms with Crippen molar-refractivity contribution < 1.29 is 0 Å². The van der Waals surface area contributed by atoms with Crippen molar-refractivity contribution in [1.29, 1.82) is 0 Å². The zero-order valence-electron chi connectivity index (χ0n) is 11.1. The van der Waals surface area contributed by atoms with Crippen molar-refractivity contribution in [3.8, 4) is 0 Å². The minimum absolute atomic E-state index is 0.595. The summed E-state index contributed by atoms with van der Waals surface area (Å²) < 4.78 is 0. The number of nitrogens with zero attached hydrogens (tertiary/aromatic N) is 1. The van der Waals surface area contributed by atoms with Gasteiger partial charge in [0.15, 0.2) is 0 Å². The van der Waals surface area contributed by atoms with Crippen LogP contribution < -0.4 is 10.6 Å². The van der Waals surface area contributed by atoms with Crippen LogP contribution in [0.4, 0.5) is 5.69 Å². The van der Waals surface area contributed by atoms with Crippen molar-refractivity contribution in [1.82, 2.24) is 0 Å². The summed E-state index contributed by atoms with van der Waals surface area (Å²) in [5, 5.41) is 0. The lowest BCUT2D eigenvalue weighted by atomic mass is 10.1. The molecule has 2 aromatic rings. The molecule has 0 aliphatic rings. The van der Waals surface area contributed by atoms with Crippen LogP contribution in [0.15, 0.2) is 48.5 Å². The fourth-order valence-corrected chi connectivity index (χ4v) is 2.12. The number of nitrogens with two attached hydrogens (primary N) is 1. The van der Waals surface area contributed by atoms with E-state index in [1.165, 1.54) is 22.4 Å². The molecule has 0 fully saturated rings. The van der Waals surface area contributed by atoms with Crippen molar-refractivity contribution >= 4 is 5.69 Å². The second-order valence-electron chi connectivity index (χ2n) is 4.67. The largest absolute Gasteiger partial charge is 0.370 e. The van der Waals surface area contributed by atoms with E-state index >= 15 is 0 Å². The fraction of sp³-hybridized carbons (Fsp3) is 0.250. The maximum absolute atomic E-state index is 5.77. The Hall–Kier alpha value is -1.80. The second kappa shape index (κ2) is 5.69. The Kier molecular flexibility index (Phi) is 4.00. The highest BCUT2D eigenvalue weighted by Gasteiger charge is 2.05. The number of hydrogen-bond donors (Lipinski definition) is 1. The summed E-state index contributed by atoms with van der Waals surface area (Å²) in [4.78, 5) is 2.25. The molecule has 0 bridgehead atoms. The van der Waals surface area contributed by atoms with Crippen LogP contribution in [-0.2, 0) is 13.1 Å². The highest BCUT2D eigenvalue weighted by molar-refractivity contribution is 5.48. The molecule has 0 aliphatic carbocycles. The second-order valence-corrected chi connectivity index (χ2v) is 4.67. The smallest absolute Gasteiger partial charge is 0.0429 e. The summed E-state index contributed by atoms with van der Waals surface area (Å²) in [7, 11) is 2.11. The van der Waals surface area contributed by atoms with E-state index in [0.29, 0.717) is 6.54 Å². The van der Waals surface area contributed by atoms with E-state index in [9.17, 15) is 0 Å². The first-order chi connectivity index (χ1) is 8.70. The number of benzene rings is 2. The first-order valence-corrected chi connectivity index (χ1v) is 6.25. The Morgan fingerprint density at radius 1 is 1.00 bits per heavy atom. The average molecular weight is 240 g/mol. The Labute approximate surface area is 109 Å². The molecule has 2 nitrogen and oxygen atoms in total. The summed E-state index contributed by atoms with van der Waals surface area (Å²) in [6.07, 6.45) is 0. The molecule has 2 aromatic carbocycles. The standard InChI is InChI=1S/C16H20N2/c1-13-6-5-9-16(10-13)18(2)12-15-8-4-3-7-14(15)11-17/h3-10H,11-12,17H2,1-2H3. The molecule has 0 amide bonds. The molecule has 0 saturated carbocycles. The normalized spacial score (nSPS) is 10.4. The van der Waals surface area contributed by atoms with Gasteiger partial charge in [-0.1, -0.05) is 36.4 Å². The fourth-order valence-electron chi connectivity index (χ4n) is 2.12.